The quantitative estimate of drug-likeness (QED) is 0.338. The molecule has 5 atom stereocenters. The molecule has 0 spiro atoms. The number of hydrogen-bond donors (Lipinski definition) is 5. The Kier molecular flexibility index (Phi) is 8.72. The fourth-order valence-corrected chi connectivity index (χ4v) is 4.61. The second-order valence-corrected chi connectivity index (χ2v) is 10.3. The van der Waals surface area contributed by atoms with Gasteiger partial charge < -0.3 is 25.4 Å². The highest BCUT2D eigenvalue weighted by Gasteiger charge is 2.44. The minimum absolute atomic E-state index is 0.0170. The van der Waals surface area contributed by atoms with Crippen molar-refractivity contribution in [2.45, 2.75) is 42.5 Å². The highest BCUT2D eigenvalue weighted by molar-refractivity contribution is 7.89. The van der Waals surface area contributed by atoms with Crippen LogP contribution in [0.2, 0.25) is 10.0 Å². The van der Waals surface area contributed by atoms with Crippen LogP contribution in [0.1, 0.15) is 11.1 Å². The Morgan fingerprint density at radius 3 is 2.38 bits per heavy atom. The number of sulfonamides is 1. The van der Waals surface area contributed by atoms with Crippen molar-refractivity contribution in [3.8, 4) is 0 Å². The molecule has 9 nitrogen and oxygen atoms in total. The highest BCUT2D eigenvalue weighted by Crippen LogP contribution is 2.23. The molecule has 0 bridgehead atoms. The standard InChI is InChI=1S/C22H24Cl2N2O7S/c1-12-2-6-14(7-3-12)34(31,32)25-11-17-20(28)21(29)19(22(30)33-17)26-18(27)9-5-13-4-8-15(23)16(24)10-13/h2-10,17,19-22,25,28-30H,11H2,1H3,(H,26,27)/b9-5+/t17-,19-,20-,21-,22?/m1/s1. The van der Waals surface area contributed by atoms with Crippen LogP contribution in [-0.2, 0) is 19.6 Å². The minimum Gasteiger partial charge on any atom is -0.388 e. The molecule has 184 valence electrons. The molecule has 1 aliphatic rings. The van der Waals surface area contributed by atoms with Crippen LogP contribution in [0.3, 0.4) is 0 Å². The van der Waals surface area contributed by atoms with Crippen molar-refractivity contribution in [2.24, 2.45) is 0 Å². The third-order valence-corrected chi connectivity index (χ3v) is 7.38. The predicted molar refractivity (Wildman–Crippen MR) is 127 cm³/mol. The number of carbonyl (C=O) groups excluding carboxylic acids is 1. The summed E-state index contributed by atoms with van der Waals surface area (Å²) >= 11 is 11.8. The zero-order valence-electron chi connectivity index (χ0n) is 17.9. The summed E-state index contributed by atoms with van der Waals surface area (Å²) in [6, 6.07) is 9.52. The summed E-state index contributed by atoms with van der Waals surface area (Å²) in [5.74, 6) is -0.677. The van der Waals surface area contributed by atoms with E-state index in [0.717, 1.165) is 11.6 Å². The molecule has 1 aliphatic heterocycles. The maximum atomic E-state index is 12.4. The van der Waals surface area contributed by atoms with Gasteiger partial charge in [-0.15, -0.1) is 0 Å². The lowest BCUT2D eigenvalue weighted by molar-refractivity contribution is -0.244. The van der Waals surface area contributed by atoms with E-state index in [9.17, 15) is 28.5 Å². The number of halogens is 2. The minimum atomic E-state index is -3.91. The maximum absolute atomic E-state index is 12.4. The van der Waals surface area contributed by atoms with Crippen molar-refractivity contribution in [2.75, 3.05) is 6.54 Å². The average molecular weight is 531 g/mol. The van der Waals surface area contributed by atoms with E-state index in [-0.39, 0.29) is 4.90 Å². The van der Waals surface area contributed by atoms with Crippen molar-refractivity contribution in [1.29, 1.82) is 0 Å². The van der Waals surface area contributed by atoms with Crippen LogP contribution in [0, 0.1) is 6.92 Å². The number of nitrogens with one attached hydrogen (secondary N) is 2. The summed E-state index contributed by atoms with van der Waals surface area (Å²) < 4.78 is 32.4. The Morgan fingerprint density at radius 2 is 1.74 bits per heavy atom. The first kappa shape index (κ1) is 26.6. The first-order valence-electron chi connectivity index (χ1n) is 10.2. The molecule has 1 amide bonds. The summed E-state index contributed by atoms with van der Waals surface area (Å²) in [5.41, 5.74) is 1.47. The molecule has 1 heterocycles. The molecule has 5 N–H and O–H groups in total. The Balaban J connectivity index is 1.59. The zero-order chi connectivity index (χ0) is 25.0. The number of aryl methyl sites for hydroxylation is 1. The molecular weight excluding hydrogens is 507 g/mol. The molecule has 12 heteroatoms. The molecule has 34 heavy (non-hydrogen) atoms. The van der Waals surface area contributed by atoms with Gasteiger partial charge in [-0.05, 0) is 42.8 Å². The number of benzene rings is 2. The smallest absolute Gasteiger partial charge is 0.244 e. The number of amides is 1. The topological polar surface area (TPSA) is 145 Å². The van der Waals surface area contributed by atoms with Gasteiger partial charge in [-0.1, -0.05) is 47.0 Å². The first-order valence-corrected chi connectivity index (χ1v) is 12.4. The molecule has 0 saturated carbocycles. The molecule has 0 radical (unpaired) electrons. The van der Waals surface area contributed by atoms with Gasteiger partial charge in [0.05, 0.1) is 14.9 Å². The van der Waals surface area contributed by atoms with Crippen LogP contribution >= 0.6 is 23.2 Å². The number of ether oxygens (including phenoxy) is 1. The number of carbonyl (C=O) groups is 1. The van der Waals surface area contributed by atoms with E-state index in [1.807, 2.05) is 6.92 Å². The van der Waals surface area contributed by atoms with Crippen LogP contribution in [0.15, 0.2) is 53.4 Å². The average Bonchev–Trinajstić information content (AvgIpc) is 2.79. The monoisotopic (exact) mass is 530 g/mol. The fourth-order valence-electron chi connectivity index (χ4n) is 3.26. The molecule has 1 unspecified atom stereocenters. The summed E-state index contributed by atoms with van der Waals surface area (Å²) in [5, 5.41) is 34.1. The normalized spacial score (nSPS) is 25.4. The van der Waals surface area contributed by atoms with Gasteiger partial charge in [0.15, 0.2) is 6.29 Å². The van der Waals surface area contributed by atoms with E-state index in [2.05, 4.69) is 10.0 Å². The molecule has 2 aromatic rings. The van der Waals surface area contributed by atoms with Gasteiger partial charge in [-0.25, -0.2) is 13.1 Å². The Morgan fingerprint density at radius 1 is 1.06 bits per heavy atom. The summed E-state index contributed by atoms with van der Waals surface area (Å²) in [6.07, 6.45) is -3.58. The van der Waals surface area contributed by atoms with E-state index in [0.29, 0.717) is 15.6 Å². The van der Waals surface area contributed by atoms with Crippen LogP contribution in [-0.4, -0.2) is 66.8 Å². The van der Waals surface area contributed by atoms with Gasteiger partial charge in [0.2, 0.25) is 15.9 Å². The van der Waals surface area contributed by atoms with Crippen molar-refractivity contribution < 1.29 is 33.3 Å². The van der Waals surface area contributed by atoms with Crippen LogP contribution in [0.4, 0.5) is 0 Å². The van der Waals surface area contributed by atoms with E-state index in [4.69, 9.17) is 27.9 Å². The third-order valence-electron chi connectivity index (χ3n) is 5.21. The van der Waals surface area contributed by atoms with Gasteiger partial charge in [-0.3, -0.25) is 4.79 Å². The predicted octanol–water partition coefficient (Wildman–Crippen LogP) is 1.22. The molecule has 1 fully saturated rings. The second kappa shape index (κ2) is 11.1. The van der Waals surface area contributed by atoms with Gasteiger partial charge in [-0.2, -0.15) is 0 Å². The molecule has 1 saturated heterocycles. The van der Waals surface area contributed by atoms with Crippen LogP contribution < -0.4 is 10.0 Å². The van der Waals surface area contributed by atoms with Crippen molar-refractivity contribution in [1.82, 2.24) is 10.0 Å². The van der Waals surface area contributed by atoms with Gasteiger partial charge in [0.1, 0.15) is 24.4 Å². The number of rotatable bonds is 7. The highest BCUT2D eigenvalue weighted by atomic mass is 35.5. The van der Waals surface area contributed by atoms with Crippen LogP contribution in [0.5, 0.6) is 0 Å². The molecule has 0 aromatic heterocycles. The van der Waals surface area contributed by atoms with Crippen molar-refractivity contribution in [3.05, 3.63) is 69.7 Å². The van der Waals surface area contributed by atoms with E-state index in [1.165, 1.54) is 18.2 Å². The second-order valence-electron chi connectivity index (χ2n) is 7.75. The van der Waals surface area contributed by atoms with Crippen molar-refractivity contribution in [3.63, 3.8) is 0 Å². The first-order chi connectivity index (χ1) is 16.0. The van der Waals surface area contributed by atoms with E-state index in [1.54, 1.807) is 30.3 Å². The van der Waals surface area contributed by atoms with E-state index >= 15 is 0 Å². The number of aliphatic hydroxyl groups is 3. The molecule has 0 aliphatic carbocycles. The van der Waals surface area contributed by atoms with Gasteiger partial charge >= 0.3 is 0 Å². The fraction of sp³-hybridized carbons (Fsp3) is 0.318. The van der Waals surface area contributed by atoms with Crippen molar-refractivity contribution >= 4 is 45.2 Å². The lowest BCUT2D eigenvalue weighted by atomic mass is 9.96. The van der Waals surface area contributed by atoms with Crippen LogP contribution in [0.25, 0.3) is 6.08 Å². The Labute approximate surface area is 207 Å². The largest absolute Gasteiger partial charge is 0.388 e. The van der Waals surface area contributed by atoms with E-state index < -0.39 is 53.1 Å². The summed E-state index contributed by atoms with van der Waals surface area (Å²) in [6.45, 7) is 1.40. The molecule has 2 aromatic carbocycles. The summed E-state index contributed by atoms with van der Waals surface area (Å²) in [7, 11) is -3.91. The third kappa shape index (κ3) is 6.55. The molecule has 3 rings (SSSR count). The molecular formula is C22H24Cl2N2O7S. The lowest BCUT2D eigenvalue weighted by Gasteiger charge is -2.40. The van der Waals surface area contributed by atoms with Gasteiger partial charge in [0.25, 0.3) is 0 Å². The lowest BCUT2D eigenvalue weighted by Crippen LogP contribution is -2.64. The maximum Gasteiger partial charge on any atom is 0.244 e. The Bertz CT molecular complexity index is 1160. The Hall–Kier alpha value is -2.02. The number of aliphatic hydroxyl groups excluding tert-OH is 3. The van der Waals surface area contributed by atoms with Gasteiger partial charge in [0, 0.05) is 12.6 Å². The summed E-state index contributed by atoms with van der Waals surface area (Å²) in [4.78, 5) is 12.3. The zero-order valence-corrected chi connectivity index (χ0v) is 20.3. The number of hydrogen-bond acceptors (Lipinski definition) is 7. The SMILES string of the molecule is Cc1ccc(S(=O)(=O)NC[C@H]2OC(O)[C@H](NC(=O)/C=C/c3ccc(Cl)c(Cl)c3)[C@@H](O)[C@@H]2O)cc1.